The fraction of sp³-hybridized carbons (Fsp3) is 0.250. The molecule has 0 saturated heterocycles. The molecule has 2 aromatic rings. The lowest BCUT2D eigenvalue weighted by molar-refractivity contribution is -0.119. The minimum Gasteiger partial charge on any atom is -0.375 e. The van der Waals surface area contributed by atoms with Gasteiger partial charge in [0.05, 0.1) is 0 Å². The van der Waals surface area contributed by atoms with Gasteiger partial charge < -0.3 is 4.74 Å². The fourth-order valence-corrected chi connectivity index (χ4v) is 1.56. The third-order valence-electron chi connectivity index (χ3n) is 2.32. The van der Waals surface area contributed by atoms with Crippen molar-refractivity contribution in [3.05, 3.63) is 41.5 Å². The van der Waals surface area contributed by atoms with E-state index in [0.29, 0.717) is 12.2 Å². The van der Waals surface area contributed by atoms with Crippen molar-refractivity contribution in [1.29, 1.82) is 0 Å². The van der Waals surface area contributed by atoms with Crippen LogP contribution in [0.25, 0.3) is 0 Å². The first-order chi connectivity index (χ1) is 9.17. The number of nitrogens with one attached hydrogen (secondary N) is 2. The number of carbonyl (C=O) groups is 1. The maximum Gasteiger partial charge on any atom is 0.252 e. The monoisotopic (exact) mass is 264 g/mol. The van der Waals surface area contributed by atoms with E-state index in [-0.39, 0.29) is 24.3 Å². The largest absolute Gasteiger partial charge is 0.375 e. The van der Waals surface area contributed by atoms with E-state index >= 15 is 0 Å². The van der Waals surface area contributed by atoms with Gasteiger partial charge in [-0.05, 0) is 17.7 Å². The molecule has 0 fully saturated rings. The van der Waals surface area contributed by atoms with Crippen LogP contribution in [0.2, 0.25) is 0 Å². The van der Waals surface area contributed by atoms with Crippen molar-refractivity contribution >= 4 is 11.9 Å². The van der Waals surface area contributed by atoms with E-state index in [1.54, 1.807) is 12.1 Å². The first-order valence-corrected chi connectivity index (χ1v) is 5.62. The Labute approximate surface area is 109 Å². The number of aromatic nitrogens is 3. The Morgan fingerprint density at radius 3 is 3.11 bits per heavy atom. The van der Waals surface area contributed by atoms with Crippen molar-refractivity contribution in [2.24, 2.45) is 0 Å². The van der Waals surface area contributed by atoms with E-state index in [4.69, 9.17) is 0 Å². The predicted octanol–water partition coefficient (Wildman–Crippen LogP) is 1.12. The number of aromatic amines is 1. The molecule has 100 valence electrons. The summed E-state index contributed by atoms with van der Waals surface area (Å²) in [6.07, 6.45) is 0.408. The maximum absolute atomic E-state index is 13.0. The smallest absolute Gasteiger partial charge is 0.252 e. The third kappa shape index (κ3) is 3.85. The number of anilines is 1. The van der Waals surface area contributed by atoms with Crippen LogP contribution in [0.15, 0.2) is 24.3 Å². The lowest BCUT2D eigenvalue weighted by Crippen LogP contribution is -2.17. The first-order valence-electron chi connectivity index (χ1n) is 5.62. The highest BCUT2D eigenvalue weighted by Crippen LogP contribution is 2.09. The van der Waals surface area contributed by atoms with Crippen molar-refractivity contribution in [2.75, 3.05) is 19.0 Å². The minimum atomic E-state index is -0.334. The summed E-state index contributed by atoms with van der Waals surface area (Å²) in [4.78, 5) is 15.3. The standard InChI is InChI=1S/C12H13FN4O2/c1-19-7-11(18)15-12-14-10(16-17-12)6-8-3-2-4-9(13)5-8/h2-5H,6-7H2,1H3,(H2,14,15,16,17,18). The Morgan fingerprint density at radius 1 is 1.53 bits per heavy atom. The van der Waals surface area contributed by atoms with Crippen molar-refractivity contribution < 1.29 is 13.9 Å². The Hall–Kier alpha value is -2.28. The Kier molecular flexibility index (Phi) is 4.19. The van der Waals surface area contributed by atoms with Crippen LogP contribution in [0.1, 0.15) is 11.4 Å². The van der Waals surface area contributed by atoms with Crippen molar-refractivity contribution in [1.82, 2.24) is 15.2 Å². The number of rotatable bonds is 5. The molecule has 0 bridgehead atoms. The van der Waals surface area contributed by atoms with E-state index in [1.807, 2.05) is 0 Å². The van der Waals surface area contributed by atoms with E-state index in [0.717, 1.165) is 5.56 Å². The summed E-state index contributed by atoms with van der Waals surface area (Å²) in [5, 5.41) is 8.99. The second kappa shape index (κ2) is 6.05. The molecule has 0 unspecified atom stereocenters. The quantitative estimate of drug-likeness (QED) is 0.848. The number of nitrogens with zero attached hydrogens (tertiary/aromatic N) is 2. The average molecular weight is 264 g/mol. The second-order valence-corrected chi connectivity index (χ2v) is 3.89. The molecule has 6 nitrogen and oxygen atoms in total. The molecule has 0 atom stereocenters. The van der Waals surface area contributed by atoms with Crippen molar-refractivity contribution in [3.8, 4) is 0 Å². The number of benzene rings is 1. The van der Waals surface area contributed by atoms with Crippen LogP contribution in [0.4, 0.5) is 10.3 Å². The number of hydrogen-bond acceptors (Lipinski definition) is 4. The molecule has 2 N–H and O–H groups in total. The lowest BCUT2D eigenvalue weighted by Gasteiger charge is -1.98. The molecule has 1 aromatic heterocycles. The summed E-state index contributed by atoms with van der Waals surface area (Å²) in [5.41, 5.74) is 0.769. The lowest BCUT2D eigenvalue weighted by atomic mass is 10.1. The van der Waals surface area contributed by atoms with Crippen LogP contribution < -0.4 is 5.32 Å². The van der Waals surface area contributed by atoms with E-state index in [2.05, 4.69) is 25.2 Å². The Morgan fingerprint density at radius 2 is 2.37 bits per heavy atom. The zero-order chi connectivity index (χ0) is 13.7. The molecule has 0 radical (unpaired) electrons. The summed E-state index contributed by atoms with van der Waals surface area (Å²) >= 11 is 0. The number of methoxy groups -OCH3 is 1. The van der Waals surface area contributed by atoms with Gasteiger partial charge in [-0.2, -0.15) is 4.98 Å². The molecule has 0 spiro atoms. The van der Waals surface area contributed by atoms with Gasteiger partial charge in [-0.3, -0.25) is 15.2 Å². The van der Waals surface area contributed by atoms with Crippen molar-refractivity contribution in [2.45, 2.75) is 6.42 Å². The summed E-state index contributed by atoms with van der Waals surface area (Å²) in [6, 6.07) is 6.21. The van der Waals surface area contributed by atoms with Gasteiger partial charge in [0, 0.05) is 13.5 Å². The maximum atomic E-state index is 13.0. The van der Waals surface area contributed by atoms with Gasteiger partial charge in [0.15, 0.2) is 0 Å². The Bertz CT molecular complexity index is 570. The molecule has 2 rings (SSSR count). The molecule has 7 heteroatoms. The van der Waals surface area contributed by atoms with Crippen LogP contribution in [0.3, 0.4) is 0 Å². The van der Waals surface area contributed by atoms with Gasteiger partial charge in [-0.25, -0.2) is 4.39 Å². The first kappa shape index (κ1) is 13.2. The van der Waals surface area contributed by atoms with Crippen LogP contribution in [-0.2, 0) is 16.0 Å². The molecule has 0 aliphatic rings. The number of ether oxygens (including phenoxy) is 1. The Balaban J connectivity index is 1.99. The number of halogens is 1. The molecule has 19 heavy (non-hydrogen) atoms. The van der Waals surface area contributed by atoms with Crippen LogP contribution in [0, 0.1) is 5.82 Å². The SMILES string of the molecule is COCC(=O)Nc1n[nH]c(Cc2cccc(F)c2)n1. The molecular weight excluding hydrogens is 251 g/mol. The topological polar surface area (TPSA) is 79.9 Å². The van der Waals surface area contributed by atoms with Gasteiger partial charge in [0.1, 0.15) is 18.2 Å². The highest BCUT2D eigenvalue weighted by atomic mass is 19.1. The van der Waals surface area contributed by atoms with Gasteiger partial charge in [0.25, 0.3) is 5.91 Å². The average Bonchev–Trinajstić information content (AvgIpc) is 2.76. The van der Waals surface area contributed by atoms with Crippen LogP contribution in [-0.4, -0.2) is 34.8 Å². The number of carbonyl (C=O) groups excluding carboxylic acids is 1. The van der Waals surface area contributed by atoms with E-state index in [1.165, 1.54) is 19.2 Å². The number of hydrogen-bond donors (Lipinski definition) is 2. The van der Waals surface area contributed by atoms with Crippen molar-refractivity contribution in [3.63, 3.8) is 0 Å². The molecule has 0 saturated carbocycles. The predicted molar refractivity (Wildman–Crippen MR) is 66.1 cm³/mol. The number of H-pyrrole nitrogens is 1. The molecular formula is C12H13FN4O2. The summed E-state index contributed by atoms with van der Waals surface area (Å²) in [6.45, 7) is -0.0617. The summed E-state index contributed by atoms with van der Waals surface area (Å²) in [7, 11) is 1.42. The third-order valence-corrected chi connectivity index (χ3v) is 2.32. The zero-order valence-corrected chi connectivity index (χ0v) is 10.3. The van der Waals surface area contributed by atoms with Gasteiger partial charge in [-0.15, -0.1) is 5.10 Å². The minimum absolute atomic E-state index is 0.0617. The summed E-state index contributed by atoms with van der Waals surface area (Å²) < 4.78 is 17.7. The molecule has 0 aliphatic heterocycles. The van der Waals surface area contributed by atoms with E-state index < -0.39 is 0 Å². The highest BCUT2D eigenvalue weighted by Gasteiger charge is 2.08. The zero-order valence-electron chi connectivity index (χ0n) is 10.3. The number of amides is 1. The van der Waals surface area contributed by atoms with Gasteiger partial charge in [0.2, 0.25) is 5.95 Å². The normalized spacial score (nSPS) is 10.4. The van der Waals surface area contributed by atoms with Gasteiger partial charge in [-0.1, -0.05) is 12.1 Å². The molecule has 0 aliphatic carbocycles. The fourth-order valence-electron chi connectivity index (χ4n) is 1.56. The molecule has 1 amide bonds. The molecule has 1 heterocycles. The summed E-state index contributed by atoms with van der Waals surface area (Å²) in [5.74, 6) is 0.0798. The highest BCUT2D eigenvalue weighted by molar-refractivity contribution is 5.89. The van der Waals surface area contributed by atoms with Gasteiger partial charge >= 0.3 is 0 Å². The van der Waals surface area contributed by atoms with E-state index in [9.17, 15) is 9.18 Å². The second-order valence-electron chi connectivity index (χ2n) is 3.89. The molecule has 1 aromatic carbocycles. The van der Waals surface area contributed by atoms with Crippen LogP contribution in [0.5, 0.6) is 0 Å². The van der Waals surface area contributed by atoms with Crippen LogP contribution >= 0.6 is 0 Å².